The molecule has 3 nitrogen and oxygen atoms in total. The highest BCUT2D eigenvalue weighted by Crippen LogP contribution is 2.30. The molecule has 0 bridgehead atoms. The second-order valence-electron chi connectivity index (χ2n) is 5.76. The predicted molar refractivity (Wildman–Crippen MR) is 77.7 cm³/mol. The average Bonchev–Trinajstić information content (AvgIpc) is 2.48. The van der Waals surface area contributed by atoms with Gasteiger partial charge in [-0.25, -0.2) is 0 Å². The van der Waals surface area contributed by atoms with Crippen LogP contribution >= 0.6 is 0 Å². The minimum atomic E-state index is -4.33. The van der Waals surface area contributed by atoms with Crippen molar-refractivity contribution in [1.82, 2.24) is 5.32 Å². The SMILES string of the molecule is CC(O)[C@H](CNC1CCOCC1)c1ccc(C(F)(F)F)cc1. The minimum absolute atomic E-state index is 0.231. The molecule has 2 rings (SSSR count). The lowest BCUT2D eigenvalue weighted by atomic mass is 9.92. The van der Waals surface area contributed by atoms with Gasteiger partial charge in [0.25, 0.3) is 0 Å². The Labute approximate surface area is 128 Å². The Bertz CT molecular complexity index is 453. The van der Waals surface area contributed by atoms with Crippen LogP contribution < -0.4 is 5.32 Å². The van der Waals surface area contributed by atoms with Crippen LogP contribution in [-0.2, 0) is 10.9 Å². The Morgan fingerprint density at radius 3 is 2.32 bits per heavy atom. The standard InChI is InChI=1S/C16H22F3NO2/c1-11(21)15(10-20-14-6-8-22-9-7-14)12-2-4-13(5-3-12)16(17,18)19/h2-5,11,14-15,20-21H,6-10H2,1H3/t11?,15-/m0/s1. The average molecular weight is 317 g/mol. The number of halogens is 3. The first-order valence-corrected chi connectivity index (χ1v) is 7.54. The molecule has 1 aliphatic rings. The highest BCUT2D eigenvalue weighted by molar-refractivity contribution is 5.28. The molecule has 1 aromatic rings. The normalized spacial score (nSPS) is 19.9. The lowest BCUT2D eigenvalue weighted by Crippen LogP contribution is -2.39. The van der Waals surface area contributed by atoms with Crippen LogP contribution in [0.25, 0.3) is 0 Å². The molecule has 2 atom stereocenters. The van der Waals surface area contributed by atoms with Gasteiger partial charge in [-0.05, 0) is 37.5 Å². The topological polar surface area (TPSA) is 41.5 Å². The zero-order chi connectivity index (χ0) is 16.2. The van der Waals surface area contributed by atoms with Crippen molar-refractivity contribution in [3.63, 3.8) is 0 Å². The second-order valence-corrected chi connectivity index (χ2v) is 5.76. The van der Waals surface area contributed by atoms with Gasteiger partial charge >= 0.3 is 6.18 Å². The monoisotopic (exact) mass is 317 g/mol. The molecule has 1 unspecified atom stereocenters. The molecule has 1 aromatic carbocycles. The largest absolute Gasteiger partial charge is 0.416 e. The zero-order valence-electron chi connectivity index (χ0n) is 12.6. The molecule has 1 fully saturated rings. The van der Waals surface area contributed by atoms with Crippen molar-refractivity contribution in [2.75, 3.05) is 19.8 Å². The van der Waals surface area contributed by atoms with Gasteiger partial charge in [-0.3, -0.25) is 0 Å². The van der Waals surface area contributed by atoms with Crippen molar-refractivity contribution in [2.45, 2.75) is 44.0 Å². The van der Waals surface area contributed by atoms with E-state index in [0.717, 1.165) is 38.2 Å². The molecule has 0 saturated carbocycles. The van der Waals surface area contributed by atoms with Crippen LogP contribution in [0.3, 0.4) is 0 Å². The van der Waals surface area contributed by atoms with Gasteiger partial charge in [-0.2, -0.15) is 13.2 Å². The number of hydrogen-bond donors (Lipinski definition) is 2. The number of aliphatic hydroxyl groups is 1. The van der Waals surface area contributed by atoms with Crippen LogP contribution in [0.4, 0.5) is 13.2 Å². The Kier molecular flexibility index (Phi) is 5.83. The molecule has 0 radical (unpaired) electrons. The van der Waals surface area contributed by atoms with Crippen molar-refractivity contribution >= 4 is 0 Å². The van der Waals surface area contributed by atoms with E-state index in [4.69, 9.17) is 4.74 Å². The predicted octanol–water partition coefficient (Wildman–Crippen LogP) is 2.94. The zero-order valence-corrected chi connectivity index (χ0v) is 12.6. The third-order valence-corrected chi connectivity index (χ3v) is 4.10. The summed E-state index contributed by atoms with van der Waals surface area (Å²) in [6.45, 7) is 3.64. The van der Waals surface area contributed by atoms with Gasteiger partial charge in [0, 0.05) is 31.7 Å². The summed E-state index contributed by atoms with van der Waals surface area (Å²) in [6.07, 6.45) is -3.14. The number of ether oxygens (including phenoxy) is 1. The van der Waals surface area contributed by atoms with Crippen molar-refractivity contribution in [1.29, 1.82) is 0 Å². The van der Waals surface area contributed by atoms with E-state index in [1.807, 2.05) is 0 Å². The number of rotatable bonds is 5. The lowest BCUT2D eigenvalue weighted by Gasteiger charge is -2.27. The van der Waals surface area contributed by atoms with Crippen molar-refractivity contribution in [3.8, 4) is 0 Å². The number of aliphatic hydroxyl groups excluding tert-OH is 1. The van der Waals surface area contributed by atoms with E-state index in [1.54, 1.807) is 6.92 Å². The molecular weight excluding hydrogens is 295 g/mol. The van der Waals surface area contributed by atoms with Crippen LogP contribution in [-0.4, -0.2) is 37.0 Å². The van der Waals surface area contributed by atoms with Crippen LogP contribution in [0.2, 0.25) is 0 Å². The Morgan fingerprint density at radius 1 is 1.23 bits per heavy atom. The van der Waals surface area contributed by atoms with E-state index in [1.165, 1.54) is 12.1 Å². The number of alkyl halides is 3. The number of hydrogen-bond acceptors (Lipinski definition) is 3. The van der Waals surface area contributed by atoms with E-state index in [2.05, 4.69) is 5.32 Å². The summed E-state index contributed by atoms with van der Waals surface area (Å²) in [5.41, 5.74) is 0.0422. The van der Waals surface area contributed by atoms with Gasteiger partial charge < -0.3 is 15.2 Å². The fraction of sp³-hybridized carbons (Fsp3) is 0.625. The van der Waals surface area contributed by atoms with Crippen molar-refractivity contribution < 1.29 is 23.0 Å². The van der Waals surface area contributed by atoms with Crippen molar-refractivity contribution in [2.24, 2.45) is 0 Å². The maximum absolute atomic E-state index is 12.6. The van der Waals surface area contributed by atoms with Crippen LogP contribution in [0.1, 0.15) is 36.8 Å². The molecule has 0 aliphatic carbocycles. The lowest BCUT2D eigenvalue weighted by molar-refractivity contribution is -0.137. The molecule has 1 saturated heterocycles. The molecule has 1 heterocycles. The van der Waals surface area contributed by atoms with E-state index in [-0.39, 0.29) is 5.92 Å². The molecule has 0 amide bonds. The first-order chi connectivity index (χ1) is 10.4. The van der Waals surface area contributed by atoms with Crippen LogP contribution in [0.5, 0.6) is 0 Å². The highest BCUT2D eigenvalue weighted by atomic mass is 19.4. The Morgan fingerprint density at radius 2 is 1.82 bits per heavy atom. The van der Waals surface area contributed by atoms with Gasteiger partial charge in [0.15, 0.2) is 0 Å². The quantitative estimate of drug-likeness (QED) is 0.877. The third-order valence-electron chi connectivity index (χ3n) is 4.10. The van der Waals surface area contributed by atoms with Gasteiger partial charge in [0.1, 0.15) is 0 Å². The molecular formula is C16H22F3NO2. The molecule has 124 valence electrons. The summed E-state index contributed by atoms with van der Waals surface area (Å²) < 4.78 is 43.1. The van der Waals surface area contributed by atoms with Crippen molar-refractivity contribution in [3.05, 3.63) is 35.4 Å². The second kappa shape index (κ2) is 7.44. The fourth-order valence-corrected chi connectivity index (χ4v) is 2.68. The van der Waals surface area contributed by atoms with E-state index in [0.29, 0.717) is 18.2 Å². The fourth-order valence-electron chi connectivity index (χ4n) is 2.68. The summed E-state index contributed by atoms with van der Waals surface area (Å²) in [4.78, 5) is 0. The third kappa shape index (κ3) is 4.69. The molecule has 6 heteroatoms. The van der Waals surface area contributed by atoms with Gasteiger partial charge in [0.05, 0.1) is 11.7 Å². The maximum atomic E-state index is 12.6. The highest BCUT2D eigenvalue weighted by Gasteiger charge is 2.30. The smallest absolute Gasteiger partial charge is 0.393 e. The number of benzene rings is 1. The van der Waals surface area contributed by atoms with Gasteiger partial charge in [-0.15, -0.1) is 0 Å². The van der Waals surface area contributed by atoms with E-state index < -0.39 is 17.8 Å². The summed E-state index contributed by atoms with van der Waals surface area (Å²) >= 11 is 0. The first kappa shape index (κ1) is 17.2. The summed E-state index contributed by atoms with van der Waals surface area (Å²) in [6, 6.07) is 5.38. The van der Waals surface area contributed by atoms with Gasteiger partial charge in [0.2, 0.25) is 0 Å². The maximum Gasteiger partial charge on any atom is 0.416 e. The molecule has 0 spiro atoms. The minimum Gasteiger partial charge on any atom is -0.393 e. The Balaban J connectivity index is 2.00. The van der Waals surface area contributed by atoms with E-state index in [9.17, 15) is 18.3 Å². The Hall–Kier alpha value is -1.11. The first-order valence-electron chi connectivity index (χ1n) is 7.54. The van der Waals surface area contributed by atoms with Crippen LogP contribution in [0, 0.1) is 0 Å². The van der Waals surface area contributed by atoms with Gasteiger partial charge in [-0.1, -0.05) is 12.1 Å². The molecule has 0 aromatic heterocycles. The summed E-state index contributed by atoms with van der Waals surface area (Å²) in [5.74, 6) is -0.231. The molecule has 2 N–H and O–H groups in total. The number of nitrogens with one attached hydrogen (secondary N) is 1. The van der Waals surface area contributed by atoms with E-state index >= 15 is 0 Å². The molecule has 1 aliphatic heterocycles. The summed E-state index contributed by atoms with van der Waals surface area (Å²) in [7, 11) is 0. The summed E-state index contributed by atoms with van der Waals surface area (Å²) in [5, 5.41) is 13.3. The van der Waals surface area contributed by atoms with Crippen LogP contribution in [0.15, 0.2) is 24.3 Å². The molecule has 22 heavy (non-hydrogen) atoms.